The van der Waals surface area contributed by atoms with Crippen LogP contribution in [0.25, 0.3) is 11.3 Å². The van der Waals surface area contributed by atoms with Crippen molar-refractivity contribution >= 4 is 21.8 Å². The fourth-order valence-electron chi connectivity index (χ4n) is 2.62. The largest absolute Gasteiger partial charge is 0.439 e. The number of benzene rings is 2. The summed E-state index contributed by atoms with van der Waals surface area (Å²) in [6.07, 6.45) is 1.17. The molecular formula is C21H17N5O3S. The molecule has 0 amide bonds. The van der Waals surface area contributed by atoms with Crippen molar-refractivity contribution < 1.29 is 13.2 Å². The number of rotatable bonds is 6. The maximum absolute atomic E-state index is 12.7. The van der Waals surface area contributed by atoms with Crippen molar-refractivity contribution in [3.8, 4) is 22.9 Å². The van der Waals surface area contributed by atoms with E-state index in [1.807, 2.05) is 48.5 Å². The van der Waals surface area contributed by atoms with Crippen LogP contribution in [0.3, 0.4) is 0 Å². The molecular weight excluding hydrogens is 402 g/mol. The molecule has 3 N–H and O–H groups in total. The fraction of sp³-hybridized carbons (Fsp3) is 0. The third kappa shape index (κ3) is 4.53. The number of nitrogens with two attached hydrogens (primary N) is 1. The van der Waals surface area contributed by atoms with Crippen LogP contribution in [0.1, 0.15) is 0 Å². The van der Waals surface area contributed by atoms with Crippen molar-refractivity contribution in [3.05, 3.63) is 85.1 Å². The van der Waals surface area contributed by atoms with Crippen molar-refractivity contribution in [2.45, 2.75) is 4.90 Å². The number of sulfonamides is 1. The predicted octanol–water partition coefficient (Wildman–Crippen LogP) is 3.71. The van der Waals surface area contributed by atoms with Crippen LogP contribution in [0.4, 0.5) is 11.8 Å². The zero-order valence-corrected chi connectivity index (χ0v) is 16.5. The number of hydrogen-bond acceptors (Lipinski definition) is 7. The highest BCUT2D eigenvalue weighted by atomic mass is 32.2. The van der Waals surface area contributed by atoms with E-state index in [1.165, 1.54) is 18.3 Å². The second kappa shape index (κ2) is 8.18. The van der Waals surface area contributed by atoms with Gasteiger partial charge in [-0.15, -0.1) is 0 Å². The van der Waals surface area contributed by atoms with Crippen LogP contribution in [0.5, 0.6) is 11.6 Å². The highest BCUT2D eigenvalue weighted by Crippen LogP contribution is 2.27. The molecule has 0 bridgehead atoms. The molecule has 0 aliphatic heterocycles. The number of hydrogen-bond donors (Lipinski definition) is 2. The van der Waals surface area contributed by atoms with Crippen molar-refractivity contribution in [3.63, 3.8) is 0 Å². The molecule has 8 nitrogen and oxygen atoms in total. The Morgan fingerprint density at radius 2 is 1.57 bits per heavy atom. The Morgan fingerprint density at radius 1 is 0.867 bits per heavy atom. The maximum Gasteiger partial charge on any atom is 0.265 e. The minimum absolute atomic E-state index is 0.0593. The summed E-state index contributed by atoms with van der Waals surface area (Å²) >= 11 is 0. The molecule has 0 atom stereocenters. The first-order chi connectivity index (χ1) is 14.5. The van der Waals surface area contributed by atoms with Crippen molar-refractivity contribution in [1.29, 1.82) is 0 Å². The van der Waals surface area contributed by atoms with E-state index in [0.29, 0.717) is 11.4 Å². The summed E-state index contributed by atoms with van der Waals surface area (Å²) in [4.78, 5) is 12.3. The third-order valence-corrected chi connectivity index (χ3v) is 5.35. The second-order valence-corrected chi connectivity index (χ2v) is 7.90. The number of pyridine rings is 1. The number of nitrogens with one attached hydrogen (secondary N) is 1. The molecule has 30 heavy (non-hydrogen) atoms. The lowest BCUT2D eigenvalue weighted by molar-refractivity contribution is 0.463. The molecule has 2 aromatic carbocycles. The average molecular weight is 419 g/mol. The molecule has 4 aromatic rings. The van der Waals surface area contributed by atoms with Crippen LogP contribution < -0.4 is 15.2 Å². The Balaban J connectivity index is 1.72. The molecule has 9 heteroatoms. The van der Waals surface area contributed by atoms with E-state index in [9.17, 15) is 8.42 Å². The summed E-state index contributed by atoms with van der Waals surface area (Å²) < 4.78 is 33.6. The van der Waals surface area contributed by atoms with Crippen molar-refractivity contribution in [1.82, 2.24) is 15.0 Å². The Hall–Kier alpha value is -3.98. The molecule has 0 aliphatic carbocycles. The van der Waals surface area contributed by atoms with E-state index in [4.69, 9.17) is 10.5 Å². The van der Waals surface area contributed by atoms with Gasteiger partial charge in [-0.25, -0.2) is 23.1 Å². The fourth-order valence-corrected chi connectivity index (χ4v) is 3.51. The summed E-state index contributed by atoms with van der Waals surface area (Å²) in [6, 6.07) is 22.8. The topological polar surface area (TPSA) is 120 Å². The lowest BCUT2D eigenvalue weighted by Crippen LogP contribution is -2.16. The molecule has 4 rings (SSSR count). The summed E-state index contributed by atoms with van der Waals surface area (Å²) in [7, 11) is -3.97. The van der Waals surface area contributed by atoms with Gasteiger partial charge in [-0.05, 0) is 24.3 Å². The molecule has 150 valence electrons. The summed E-state index contributed by atoms with van der Waals surface area (Å²) in [5.74, 6) is 0.851. The molecule has 0 unspecified atom stereocenters. The van der Waals surface area contributed by atoms with E-state index < -0.39 is 10.0 Å². The van der Waals surface area contributed by atoms with Gasteiger partial charge in [0.2, 0.25) is 11.8 Å². The molecule has 0 radical (unpaired) electrons. The Morgan fingerprint density at radius 3 is 2.23 bits per heavy atom. The minimum Gasteiger partial charge on any atom is -0.439 e. The van der Waals surface area contributed by atoms with Gasteiger partial charge in [0.25, 0.3) is 10.0 Å². The van der Waals surface area contributed by atoms with Gasteiger partial charge in [-0.2, -0.15) is 4.98 Å². The van der Waals surface area contributed by atoms with E-state index >= 15 is 0 Å². The van der Waals surface area contributed by atoms with Crippen LogP contribution in [0, 0.1) is 0 Å². The monoisotopic (exact) mass is 419 g/mol. The molecule has 2 aromatic heterocycles. The van der Waals surface area contributed by atoms with Crippen LogP contribution in [0.15, 0.2) is 90.0 Å². The molecule has 0 aliphatic rings. The van der Waals surface area contributed by atoms with E-state index in [1.54, 1.807) is 18.2 Å². The van der Waals surface area contributed by atoms with Gasteiger partial charge in [0, 0.05) is 17.8 Å². The quantitative estimate of drug-likeness (QED) is 0.489. The smallest absolute Gasteiger partial charge is 0.265 e. The van der Waals surface area contributed by atoms with Gasteiger partial charge in [-0.1, -0.05) is 48.5 Å². The Labute approximate surface area is 173 Å². The van der Waals surface area contributed by atoms with E-state index in [0.717, 1.165) is 5.56 Å². The molecule has 0 spiro atoms. The van der Waals surface area contributed by atoms with Gasteiger partial charge in [0.1, 0.15) is 16.5 Å². The van der Waals surface area contributed by atoms with Crippen LogP contribution >= 0.6 is 0 Å². The number of para-hydroxylation sites is 1. The van der Waals surface area contributed by atoms with Gasteiger partial charge in [0.15, 0.2) is 0 Å². The van der Waals surface area contributed by atoms with Gasteiger partial charge in [-0.3, -0.25) is 0 Å². The minimum atomic E-state index is -3.97. The normalized spacial score (nSPS) is 11.1. The van der Waals surface area contributed by atoms with Crippen LogP contribution in [0.2, 0.25) is 0 Å². The van der Waals surface area contributed by atoms with Crippen molar-refractivity contribution in [2.24, 2.45) is 0 Å². The maximum atomic E-state index is 12.7. The second-order valence-electron chi connectivity index (χ2n) is 6.22. The SMILES string of the molecule is Nc1ccc(S(=O)(=O)Nc2nc(Oc3ccccc3)cc(-c3ccccc3)n2)cn1. The zero-order chi connectivity index (χ0) is 21.0. The Bertz CT molecular complexity index is 1250. The highest BCUT2D eigenvalue weighted by molar-refractivity contribution is 7.92. The first kappa shape index (κ1) is 19.3. The lowest BCUT2D eigenvalue weighted by Gasteiger charge is -2.11. The number of anilines is 2. The third-order valence-electron chi connectivity index (χ3n) is 4.03. The molecule has 0 fully saturated rings. The van der Waals surface area contributed by atoms with E-state index in [2.05, 4.69) is 19.7 Å². The van der Waals surface area contributed by atoms with Gasteiger partial charge >= 0.3 is 0 Å². The Kier molecular flexibility index (Phi) is 5.27. The standard InChI is InChI=1S/C21H17N5O3S/c22-19-12-11-17(14-23-19)30(27,28)26-21-24-18(15-7-3-1-4-8-15)13-20(25-21)29-16-9-5-2-6-10-16/h1-14H,(H2,22,23)(H,24,25,26). The zero-order valence-electron chi connectivity index (χ0n) is 15.6. The number of aromatic nitrogens is 3. The predicted molar refractivity (Wildman–Crippen MR) is 113 cm³/mol. The van der Waals surface area contributed by atoms with Crippen LogP contribution in [-0.4, -0.2) is 23.4 Å². The molecule has 2 heterocycles. The molecule has 0 saturated heterocycles. The number of ether oxygens (including phenoxy) is 1. The number of nitrogens with zero attached hydrogens (tertiary/aromatic N) is 3. The van der Waals surface area contributed by atoms with E-state index in [-0.39, 0.29) is 22.5 Å². The first-order valence-corrected chi connectivity index (χ1v) is 10.4. The van der Waals surface area contributed by atoms with Crippen molar-refractivity contribution in [2.75, 3.05) is 10.5 Å². The van der Waals surface area contributed by atoms with Gasteiger partial charge in [0.05, 0.1) is 5.69 Å². The van der Waals surface area contributed by atoms with Gasteiger partial charge < -0.3 is 10.5 Å². The number of nitrogen functional groups attached to an aromatic ring is 1. The highest BCUT2D eigenvalue weighted by Gasteiger charge is 2.18. The summed E-state index contributed by atoms with van der Waals surface area (Å²) in [5.41, 5.74) is 6.82. The first-order valence-electron chi connectivity index (χ1n) is 8.91. The molecule has 0 saturated carbocycles. The van der Waals surface area contributed by atoms with Crippen LogP contribution in [-0.2, 0) is 10.0 Å². The average Bonchev–Trinajstić information content (AvgIpc) is 2.75. The summed E-state index contributed by atoms with van der Waals surface area (Å²) in [5, 5.41) is 0. The lowest BCUT2D eigenvalue weighted by atomic mass is 10.1. The summed E-state index contributed by atoms with van der Waals surface area (Å²) in [6.45, 7) is 0.